The molecule has 1 heterocycles. The molecule has 0 atom stereocenters. The highest BCUT2D eigenvalue weighted by Crippen LogP contribution is 2.14. The Hall–Kier alpha value is -2.37. The molecule has 0 radical (unpaired) electrons. The smallest absolute Gasteiger partial charge is 0.254 e. The van der Waals surface area contributed by atoms with Gasteiger partial charge in [0.1, 0.15) is 11.6 Å². The largest absolute Gasteiger partial charge is 0.508 e. The van der Waals surface area contributed by atoms with Crippen molar-refractivity contribution >= 4 is 5.91 Å². The molecule has 0 saturated carbocycles. The van der Waals surface area contributed by atoms with E-state index in [-0.39, 0.29) is 11.3 Å². The van der Waals surface area contributed by atoms with Gasteiger partial charge in [-0.1, -0.05) is 0 Å². The van der Waals surface area contributed by atoms with Crippen LogP contribution in [0.25, 0.3) is 0 Å². The van der Waals surface area contributed by atoms with Gasteiger partial charge in [-0.05, 0) is 24.6 Å². The Balaban J connectivity index is 1.81. The second-order valence-corrected chi connectivity index (χ2v) is 4.04. The maximum atomic E-state index is 13.4. The molecule has 1 amide bonds. The molecule has 100 valence electrons. The number of nitrogens with zero attached hydrogens (tertiary/aromatic N) is 2. The number of carbonyl (C=O) groups excluding carboxylic acids is 1. The van der Waals surface area contributed by atoms with E-state index in [1.165, 1.54) is 12.1 Å². The number of rotatable bonds is 5. The summed E-state index contributed by atoms with van der Waals surface area (Å²) in [7, 11) is 0. The Bertz CT molecular complexity index is 555. The van der Waals surface area contributed by atoms with Crippen LogP contribution >= 0.6 is 0 Å². The zero-order valence-electron chi connectivity index (χ0n) is 10.2. The first kappa shape index (κ1) is 13.1. The molecule has 1 aromatic carbocycles. The zero-order chi connectivity index (χ0) is 13.7. The summed E-state index contributed by atoms with van der Waals surface area (Å²) in [4.78, 5) is 11.7. The number of aromatic nitrogens is 2. The summed E-state index contributed by atoms with van der Waals surface area (Å²) in [6, 6.07) is 5.28. The Kier molecular flexibility index (Phi) is 4.12. The second kappa shape index (κ2) is 5.99. The van der Waals surface area contributed by atoms with Gasteiger partial charge in [0.05, 0.1) is 5.56 Å². The minimum atomic E-state index is -0.732. The van der Waals surface area contributed by atoms with Crippen molar-refractivity contribution in [3.8, 4) is 5.75 Å². The topological polar surface area (TPSA) is 67.2 Å². The van der Waals surface area contributed by atoms with Crippen LogP contribution in [-0.4, -0.2) is 27.3 Å². The number of aromatic hydroxyl groups is 1. The molecular weight excluding hydrogens is 249 g/mol. The highest BCUT2D eigenvalue weighted by atomic mass is 19.1. The second-order valence-electron chi connectivity index (χ2n) is 4.04. The maximum absolute atomic E-state index is 13.4. The Morgan fingerprint density at radius 2 is 2.32 bits per heavy atom. The number of benzene rings is 1. The lowest BCUT2D eigenvalue weighted by molar-refractivity contribution is 0.0948. The van der Waals surface area contributed by atoms with Gasteiger partial charge in [-0.3, -0.25) is 9.48 Å². The molecule has 0 saturated heterocycles. The van der Waals surface area contributed by atoms with Crippen LogP contribution in [0.15, 0.2) is 36.7 Å². The number of aryl methyl sites for hydroxylation is 1. The molecule has 0 spiro atoms. The number of amides is 1. The van der Waals surface area contributed by atoms with Crippen molar-refractivity contribution in [1.29, 1.82) is 0 Å². The lowest BCUT2D eigenvalue weighted by Gasteiger charge is -2.06. The Labute approximate surface area is 109 Å². The summed E-state index contributed by atoms with van der Waals surface area (Å²) in [5.74, 6) is -1.42. The fourth-order valence-corrected chi connectivity index (χ4v) is 1.66. The summed E-state index contributed by atoms with van der Waals surface area (Å²) in [5.41, 5.74) is -0.0723. The number of halogens is 1. The summed E-state index contributed by atoms with van der Waals surface area (Å²) in [6.45, 7) is 1.12. The van der Waals surface area contributed by atoms with Crippen molar-refractivity contribution in [2.75, 3.05) is 6.54 Å². The molecule has 2 aromatic rings. The van der Waals surface area contributed by atoms with Crippen molar-refractivity contribution in [1.82, 2.24) is 15.1 Å². The van der Waals surface area contributed by atoms with Crippen LogP contribution in [0, 0.1) is 5.82 Å². The van der Waals surface area contributed by atoms with Crippen molar-refractivity contribution in [2.45, 2.75) is 13.0 Å². The van der Waals surface area contributed by atoms with E-state index in [0.29, 0.717) is 19.5 Å². The van der Waals surface area contributed by atoms with E-state index in [4.69, 9.17) is 5.11 Å². The number of phenolic OH excluding ortho intramolecular Hbond substituents is 1. The first-order valence-electron chi connectivity index (χ1n) is 5.91. The molecule has 6 heteroatoms. The lowest BCUT2D eigenvalue weighted by atomic mass is 10.2. The highest BCUT2D eigenvalue weighted by molar-refractivity contribution is 5.94. The van der Waals surface area contributed by atoms with Gasteiger partial charge < -0.3 is 10.4 Å². The van der Waals surface area contributed by atoms with Crippen LogP contribution in [-0.2, 0) is 6.54 Å². The standard InChI is InChI=1S/C13H14FN3O2/c14-12-9-10(18)3-4-11(12)13(19)15-5-1-7-17-8-2-6-16-17/h2-4,6,8-9,18H,1,5,7H2,(H,15,19). The molecule has 0 fully saturated rings. The average Bonchev–Trinajstić information content (AvgIpc) is 2.87. The van der Waals surface area contributed by atoms with Crippen LogP contribution in [0.1, 0.15) is 16.8 Å². The Morgan fingerprint density at radius 3 is 3.00 bits per heavy atom. The van der Waals surface area contributed by atoms with E-state index in [1.54, 1.807) is 10.9 Å². The molecule has 0 bridgehead atoms. The highest BCUT2D eigenvalue weighted by Gasteiger charge is 2.11. The molecule has 0 aliphatic heterocycles. The molecule has 1 aromatic heterocycles. The van der Waals surface area contributed by atoms with Gasteiger partial charge in [-0.25, -0.2) is 4.39 Å². The van der Waals surface area contributed by atoms with Gasteiger partial charge in [0.25, 0.3) is 5.91 Å². The molecule has 19 heavy (non-hydrogen) atoms. The van der Waals surface area contributed by atoms with Crippen LogP contribution in [0.4, 0.5) is 4.39 Å². The minimum absolute atomic E-state index is 0.0723. The van der Waals surface area contributed by atoms with Crippen LogP contribution in [0.2, 0.25) is 0 Å². The average molecular weight is 263 g/mol. The van der Waals surface area contributed by atoms with E-state index in [2.05, 4.69) is 10.4 Å². The van der Waals surface area contributed by atoms with Gasteiger partial charge in [-0.2, -0.15) is 5.10 Å². The van der Waals surface area contributed by atoms with Crippen LogP contribution in [0.3, 0.4) is 0 Å². The molecule has 5 nitrogen and oxygen atoms in total. The minimum Gasteiger partial charge on any atom is -0.508 e. The van der Waals surface area contributed by atoms with E-state index < -0.39 is 11.7 Å². The SMILES string of the molecule is O=C(NCCCn1cccn1)c1ccc(O)cc1F. The number of hydrogen-bond donors (Lipinski definition) is 2. The predicted molar refractivity (Wildman–Crippen MR) is 67.2 cm³/mol. The summed E-state index contributed by atoms with van der Waals surface area (Å²) in [5, 5.41) is 15.7. The van der Waals surface area contributed by atoms with E-state index in [0.717, 1.165) is 6.07 Å². The summed E-state index contributed by atoms with van der Waals surface area (Å²) < 4.78 is 15.2. The van der Waals surface area contributed by atoms with Crippen molar-refractivity contribution in [3.63, 3.8) is 0 Å². The number of hydrogen-bond acceptors (Lipinski definition) is 3. The van der Waals surface area contributed by atoms with Crippen molar-refractivity contribution in [3.05, 3.63) is 48.0 Å². The zero-order valence-corrected chi connectivity index (χ0v) is 10.2. The lowest BCUT2D eigenvalue weighted by Crippen LogP contribution is -2.26. The van der Waals surface area contributed by atoms with Gasteiger partial charge >= 0.3 is 0 Å². The fraction of sp³-hybridized carbons (Fsp3) is 0.231. The van der Waals surface area contributed by atoms with Crippen LogP contribution < -0.4 is 5.32 Å². The van der Waals surface area contributed by atoms with Crippen molar-refractivity contribution in [2.24, 2.45) is 0 Å². The van der Waals surface area contributed by atoms with E-state index in [9.17, 15) is 9.18 Å². The van der Waals surface area contributed by atoms with E-state index in [1.807, 2.05) is 12.3 Å². The number of carbonyl (C=O) groups is 1. The molecule has 0 unspecified atom stereocenters. The molecule has 2 rings (SSSR count). The molecule has 0 aliphatic rings. The quantitative estimate of drug-likeness (QED) is 0.804. The van der Waals surface area contributed by atoms with Crippen LogP contribution in [0.5, 0.6) is 5.75 Å². The number of phenols is 1. The normalized spacial score (nSPS) is 10.4. The van der Waals surface area contributed by atoms with Gasteiger partial charge in [-0.15, -0.1) is 0 Å². The van der Waals surface area contributed by atoms with Gasteiger partial charge in [0.2, 0.25) is 0 Å². The monoisotopic (exact) mass is 263 g/mol. The first-order valence-corrected chi connectivity index (χ1v) is 5.91. The first-order chi connectivity index (χ1) is 9.16. The number of nitrogens with one attached hydrogen (secondary N) is 1. The molecular formula is C13H14FN3O2. The third kappa shape index (κ3) is 3.54. The fourth-order valence-electron chi connectivity index (χ4n) is 1.66. The van der Waals surface area contributed by atoms with E-state index >= 15 is 0 Å². The van der Waals surface area contributed by atoms with Crippen molar-refractivity contribution < 1.29 is 14.3 Å². The summed E-state index contributed by atoms with van der Waals surface area (Å²) >= 11 is 0. The third-order valence-electron chi connectivity index (χ3n) is 2.61. The molecule has 2 N–H and O–H groups in total. The molecule has 0 aliphatic carbocycles. The van der Waals surface area contributed by atoms with Gasteiger partial charge in [0, 0.05) is 31.5 Å². The maximum Gasteiger partial charge on any atom is 0.254 e. The predicted octanol–water partition coefficient (Wildman–Crippen LogP) is 1.55. The third-order valence-corrected chi connectivity index (χ3v) is 2.61. The summed E-state index contributed by atoms with van der Waals surface area (Å²) in [6.07, 6.45) is 4.22. The Morgan fingerprint density at radius 1 is 1.47 bits per heavy atom. The van der Waals surface area contributed by atoms with Gasteiger partial charge in [0.15, 0.2) is 0 Å².